The normalized spacial score (nSPS) is 12.8. The van der Waals surface area contributed by atoms with E-state index in [1.54, 1.807) is 29.4 Å². The molecule has 0 atom stereocenters. The molecule has 1 aromatic heterocycles. The molecule has 0 fully saturated rings. The van der Waals surface area contributed by atoms with E-state index >= 15 is 0 Å². The summed E-state index contributed by atoms with van der Waals surface area (Å²) in [5, 5.41) is 3.49. The third-order valence-corrected chi connectivity index (χ3v) is 4.86. The van der Waals surface area contributed by atoms with Crippen LogP contribution in [0.2, 0.25) is 5.02 Å². The van der Waals surface area contributed by atoms with E-state index in [4.69, 9.17) is 11.6 Å². The van der Waals surface area contributed by atoms with E-state index in [1.165, 1.54) is 6.33 Å². The van der Waals surface area contributed by atoms with Crippen molar-refractivity contribution in [3.8, 4) is 0 Å². The molecule has 1 N–H and O–H groups in total. The van der Waals surface area contributed by atoms with Crippen LogP contribution in [0.4, 0.5) is 0 Å². The van der Waals surface area contributed by atoms with Gasteiger partial charge >= 0.3 is 0 Å². The fourth-order valence-corrected chi connectivity index (χ4v) is 3.27. The van der Waals surface area contributed by atoms with Crippen LogP contribution in [0.15, 0.2) is 61.2 Å². The van der Waals surface area contributed by atoms with Crippen LogP contribution in [0.1, 0.15) is 37.4 Å². The van der Waals surface area contributed by atoms with Gasteiger partial charge in [0.2, 0.25) is 0 Å². The molecular formula is C21H17ClN4O2. The quantitative estimate of drug-likeness (QED) is 0.723. The number of hydrogen-bond acceptors (Lipinski definition) is 4. The summed E-state index contributed by atoms with van der Waals surface area (Å²) in [6, 6.07) is 12.7. The van der Waals surface area contributed by atoms with Crippen molar-refractivity contribution < 1.29 is 9.59 Å². The molecule has 0 radical (unpaired) electrons. The van der Waals surface area contributed by atoms with Gasteiger partial charge in [-0.2, -0.15) is 0 Å². The molecule has 1 aliphatic heterocycles. The molecule has 0 unspecified atom stereocenters. The first-order valence-corrected chi connectivity index (χ1v) is 9.17. The Bertz CT molecular complexity index is 1020. The Labute approximate surface area is 167 Å². The number of carbonyl (C=O) groups is 2. The largest absolute Gasteiger partial charge is 0.348 e. The van der Waals surface area contributed by atoms with E-state index in [0.29, 0.717) is 35.8 Å². The van der Waals surface area contributed by atoms with Crippen LogP contribution < -0.4 is 5.32 Å². The molecule has 0 saturated carbocycles. The number of nitrogens with zero attached hydrogens (tertiary/aromatic N) is 3. The average Bonchev–Trinajstić information content (AvgIpc) is 3.03. The molecule has 28 heavy (non-hydrogen) atoms. The van der Waals surface area contributed by atoms with Gasteiger partial charge in [-0.15, -0.1) is 0 Å². The average molecular weight is 393 g/mol. The minimum atomic E-state index is -0.240. The topological polar surface area (TPSA) is 75.2 Å². The van der Waals surface area contributed by atoms with Gasteiger partial charge in [0.25, 0.3) is 11.8 Å². The maximum absolute atomic E-state index is 12.8. The number of carbonyl (C=O) groups excluding carboxylic acids is 2. The number of amides is 2. The smallest absolute Gasteiger partial charge is 0.254 e. The summed E-state index contributed by atoms with van der Waals surface area (Å²) < 4.78 is 0. The molecule has 3 aromatic rings. The second-order valence-corrected chi connectivity index (χ2v) is 7.03. The highest BCUT2D eigenvalue weighted by atomic mass is 35.5. The highest BCUT2D eigenvalue weighted by molar-refractivity contribution is 6.30. The van der Waals surface area contributed by atoms with Gasteiger partial charge in [0.1, 0.15) is 6.33 Å². The molecule has 0 spiro atoms. The van der Waals surface area contributed by atoms with Crippen LogP contribution >= 0.6 is 11.6 Å². The van der Waals surface area contributed by atoms with Gasteiger partial charge in [0.05, 0.1) is 0 Å². The van der Waals surface area contributed by atoms with Gasteiger partial charge in [-0.05, 0) is 35.4 Å². The predicted molar refractivity (Wildman–Crippen MR) is 105 cm³/mol. The first-order valence-electron chi connectivity index (χ1n) is 8.79. The fourth-order valence-electron chi connectivity index (χ4n) is 3.15. The summed E-state index contributed by atoms with van der Waals surface area (Å²) in [6.07, 6.45) is 4.73. The summed E-state index contributed by atoms with van der Waals surface area (Å²) in [6.45, 7) is 1.35. The van der Waals surface area contributed by atoms with Crippen LogP contribution in [0, 0.1) is 0 Å². The third-order valence-electron chi connectivity index (χ3n) is 4.60. The van der Waals surface area contributed by atoms with E-state index in [-0.39, 0.29) is 11.8 Å². The van der Waals surface area contributed by atoms with Crippen LogP contribution in [-0.2, 0) is 19.6 Å². The SMILES string of the molecule is O=C(NCc1cncnc1)c1ccc2c(c1)C(=O)N(Cc1ccc(Cl)cc1)C2. The predicted octanol–water partition coefficient (Wildman–Crippen LogP) is 3.22. The Morgan fingerprint density at radius 1 is 1.07 bits per heavy atom. The van der Waals surface area contributed by atoms with Crippen molar-refractivity contribution in [3.05, 3.63) is 94.0 Å². The van der Waals surface area contributed by atoms with Gasteiger partial charge in [0.15, 0.2) is 0 Å². The van der Waals surface area contributed by atoms with E-state index in [9.17, 15) is 9.59 Å². The molecule has 2 amide bonds. The maximum atomic E-state index is 12.8. The highest BCUT2D eigenvalue weighted by Crippen LogP contribution is 2.26. The van der Waals surface area contributed by atoms with Crippen LogP contribution in [-0.4, -0.2) is 26.7 Å². The summed E-state index contributed by atoms with van der Waals surface area (Å²) in [4.78, 5) is 34.8. The molecule has 7 heteroatoms. The molecule has 2 heterocycles. The zero-order valence-corrected chi connectivity index (χ0v) is 15.7. The van der Waals surface area contributed by atoms with Crippen LogP contribution in [0.5, 0.6) is 0 Å². The lowest BCUT2D eigenvalue weighted by Gasteiger charge is -2.15. The first kappa shape index (κ1) is 18.1. The minimum Gasteiger partial charge on any atom is -0.348 e. The molecule has 0 saturated heterocycles. The monoisotopic (exact) mass is 392 g/mol. The molecule has 1 aliphatic rings. The Hall–Kier alpha value is -3.25. The Morgan fingerprint density at radius 3 is 2.57 bits per heavy atom. The minimum absolute atomic E-state index is 0.0731. The third kappa shape index (κ3) is 3.87. The van der Waals surface area contributed by atoms with Gasteiger partial charge in [-0.1, -0.05) is 29.8 Å². The number of aromatic nitrogens is 2. The van der Waals surface area contributed by atoms with E-state index < -0.39 is 0 Å². The molecular weight excluding hydrogens is 376 g/mol. The number of halogens is 1. The van der Waals surface area contributed by atoms with Crippen molar-refractivity contribution in [3.63, 3.8) is 0 Å². The number of fused-ring (bicyclic) bond motifs is 1. The molecule has 0 bridgehead atoms. The van der Waals surface area contributed by atoms with E-state index in [1.807, 2.05) is 30.3 Å². The van der Waals surface area contributed by atoms with Crippen molar-refractivity contribution in [2.24, 2.45) is 0 Å². The lowest BCUT2D eigenvalue weighted by molar-refractivity contribution is 0.0766. The Balaban J connectivity index is 1.44. The zero-order valence-electron chi connectivity index (χ0n) is 14.9. The number of rotatable bonds is 5. The maximum Gasteiger partial charge on any atom is 0.254 e. The van der Waals surface area contributed by atoms with Crippen LogP contribution in [0.3, 0.4) is 0 Å². The standard InChI is InChI=1S/C21H17ClN4O2/c22-18-5-1-14(2-6-18)11-26-12-17-4-3-16(7-19(17)21(26)28)20(27)25-10-15-8-23-13-24-9-15/h1-9,13H,10-12H2,(H,25,27). The lowest BCUT2D eigenvalue weighted by Crippen LogP contribution is -2.24. The lowest BCUT2D eigenvalue weighted by atomic mass is 10.1. The summed E-state index contributed by atoms with van der Waals surface area (Å²) in [5.74, 6) is -0.313. The molecule has 6 nitrogen and oxygen atoms in total. The summed E-state index contributed by atoms with van der Waals surface area (Å²) in [7, 11) is 0. The van der Waals surface area contributed by atoms with Crippen molar-refractivity contribution in [2.75, 3.05) is 0 Å². The van der Waals surface area contributed by atoms with Crippen molar-refractivity contribution in [1.82, 2.24) is 20.2 Å². The van der Waals surface area contributed by atoms with Crippen molar-refractivity contribution >= 4 is 23.4 Å². The zero-order chi connectivity index (χ0) is 19.5. The van der Waals surface area contributed by atoms with Crippen molar-refractivity contribution in [2.45, 2.75) is 19.6 Å². The van der Waals surface area contributed by atoms with E-state index in [2.05, 4.69) is 15.3 Å². The second kappa shape index (κ2) is 7.78. The number of hydrogen-bond donors (Lipinski definition) is 1. The number of nitrogens with one attached hydrogen (secondary N) is 1. The van der Waals surface area contributed by atoms with Gasteiger partial charge in [0, 0.05) is 53.7 Å². The van der Waals surface area contributed by atoms with Gasteiger partial charge in [-0.25, -0.2) is 9.97 Å². The highest BCUT2D eigenvalue weighted by Gasteiger charge is 2.28. The van der Waals surface area contributed by atoms with Gasteiger partial charge in [-0.3, -0.25) is 9.59 Å². The Morgan fingerprint density at radius 2 is 1.82 bits per heavy atom. The van der Waals surface area contributed by atoms with Crippen molar-refractivity contribution in [1.29, 1.82) is 0 Å². The molecule has 140 valence electrons. The molecule has 4 rings (SSSR count). The fraction of sp³-hybridized carbons (Fsp3) is 0.143. The molecule has 2 aromatic carbocycles. The van der Waals surface area contributed by atoms with E-state index in [0.717, 1.165) is 16.7 Å². The first-order chi connectivity index (χ1) is 13.6. The second-order valence-electron chi connectivity index (χ2n) is 6.59. The van der Waals surface area contributed by atoms with Gasteiger partial charge < -0.3 is 10.2 Å². The Kier molecular flexibility index (Phi) is 5.04. The number of benzene rings is 2. The summed E-state index contributed by atoms with van der Waals surface area (Å²) >= 11 is 5.92. The van der Waals surface area contributed by atoms with Crippen LogP contribution in [0.25, 0.3) is 0 Å². The summed E-state index contributed by atoms with van der Waals surface area (Å²) in [5.41, 5.74) is 3.77. The molecule has 0 aliphatic carbocycles.